The van der Waals surface area contributed by atoms with Gasteiger partial charge in [-0.1, -0.05) is 49.3 Å². The highest BCUT2D eigenvalue weighted by Crippen LogP contribution is 2.11. The predicted molar refractivity (Wildman–Crippen MR) is 88.2 cm³/mol. The average molecular weight is 261 g/mol. The Morgan fingerprint density at radius 2 is 1.74 bits per heavy atom. The van der Waals surface area contributed by atoms with E-state index in [0.717, 1.165) is 38.8 Å². The van der Waals surface area contributed by atoms with Crippen molar-refractivity contribution in [2.75, 3.05) is 13.1 Å². The molecule has 0 aliphatic carbocycles. The molecule has 19 heavy (non-hydrogen) atoms. The molecule has 0 aromatic rings. The molecule has 0 fully saturated rings. The molecular formula is C18H31N. The maximum Gasteiger partial charge on any atom is 0.0362 e. The highest BCUT2D eigenvalue weighted by molar-refractivity contribution is 5.06. The molecule has 0 aromatic heterocycles. The van der Waals surface area contributed by atoms with Gasteiger partial charge in [-0.05, 0) is 40.0 Å². The van der Waals surface area contributed by atoms with E-state index in [9.17, 15) is 0 Å². The van der Waals surface area contributed by atoms with E-state index < -0.39 is 0 Å². The first-order valence-electron chi connectivity index (χ1n) is 7.33. The molecule has 0 aromatic carbocycles. The summed E-state index contributed by atoms with van der Waals surface area (Å²) in [6, 6.07) is 0. The highest BCUT2D eigenvalue weighted by Gasteiger charge is 2.03. The summed E-state index contributed by atoms with van der Waals surface area (Å²) in [4.78, 5) is 2.31. The second-order valence-corrected chi connectivity index (χ2v) is 5.38. The van der Waals surface area contributed by atoms with Crippen molar-refractivity contribution in [1.82, 2.24) is 4.90 Å². The Morgan fingerprint density at radius 3 is 2.26 bits per heavy atom. The summed E-state index contributed by atoms with van der Waals surface area (Å²) in [6.07, 6.45) is 11.1. The SMILES string of the molecule is C=CCN(C/C=C(/C)CCC=C(C)C)C(=C)CCC. The van der Waals surface area contributed by atoms with Gasteiger partial charge in [0.25, 0.3) is 0 Å². The van der Waals surface area contributed by atoms with Crippen molar-refractivity contribution in [3.8, 4) is 0 Å². The molecule has 0 radical (unpaired) electrons. The summed E-state index contributed by atoms with van der Waals surface area (Å²) in [5.41, 5.74) is 4.07. The summed E-state index contributed by atoms with van der Waals surface area (Å²) < 4.78 is 0. The quantitative estimate of drug-likeness (QED) is 0.471. The van der Waals surface area contributed by atoms with Crippen LogP contribution in [0, 0.1) is 0 Å². The molecule has 0 rings (SSSR count). The molecule has 0 spiro atoms. The Hall–Kier alpha value is -1.24. The van der Waals surface area contributed by atoms with E-state index in [1.54, 1.807) is 0 Å². The van der Waals surface area contributed by atoms with Crippen molar-refractivity contribution in [2.24, 2.45) is 0 Å². The van der Waals surface area contributed by atoms with Crippen LogP contribution in [-0.2, 0) is 0 Å². The molecule has 0 saturated heterocycles. The Morgan fingerprint density at radius 1 is 1.05 bits per heavy atom. The third-order valence-electron chi connectivity index (χ3n) is 3.09. The van der Waals surface area contributed by atoms with Gasteiger partial charge < -0.3 is 4.90 Å². The molecule has 0 N–H and O–H groups in total. The van der Waals surface area contributed by atoms with Crippen molar-refractivity contribution in [1.29, 1.82) is 0 Å². The molecule has 0 aliphatic heterocycles. The fraction of sp³-hybridized carbons (Fsp3) is 0.556. The molecule has 0 atom stereocenters. The van der Waals surface area contributed by atoms with Crippen molar-refractivity contribution < 1.29 is 0 Å². The molecule has 0 aliphatic rings. The molecule has 0 heterocycles. The standard InChI is InChI=1S/C18H31N/c1-7-10-18(6)19(14-8-2)15-13-17(5)12-9-11-16(3)4/h8,11,13H,2,6-7,9-10,12,14-15H2,1,3-5H3/b17-13-. The van der Waals surface area contributed by atoms with E-state index in [2.05, 4.69) is 57.9 Å². The maximum atomic E-state index is 4.17. The first-order chi connectivity index (χ1) is 9.01. The Bertz CT molecular complexity index is 330. The first-order valence-corrected chi connectivity index (χ1v) is 7.33. The fourth-order valence-electron chi connectivity index (χ4n) is 1.89. The Kier molecular flexibility index (Phi) is 9.97. The van der Waals surface area contributed by atoms with Crippen LogP contribution < -0.4 is 0 Å². The van der Waals surface area contributed by atoms with Crippen molar-refractivity contribution in [3.05, 3.63) is 48.2 Å². The lowest BCUT2D eigenvalue weighted by molar-refractivity contribution is 0.404. The second-order valence-electron chi connectivity index (χ2n) is 5.38. The van der Waals surface area contributed by atoms with Crippen LogP contribution in [0.2, 0.25) is 0 Å². The van der Waals surface area contributed by atoms with Gasteiger partial charge in [0.2, 0.25) is 0 Å². The largest absolute Gasteiger partial charge is 0.368 e. The average Bonchev–Trinajstić information content (AvgIpc) is 2.34. The van der Waals surface area contributed by atoms with Crippen LogP contribution in [0.15, 0.2) is 48.2 Å². The van der Waals surface area contributed by atoms with Crippen LogP contribution in [0.5, 0.6) is 0 Å². The summed E-state index contributed by atoms with van der Waals surface area (Å²) in [7, 11) is 0. The van der Waals surface area contributed by atoms with Crippen molar-refractivity contribution in [3.63, 3.8) is 0 Å². The third kappa shape index (κ3) is 9.35. The maximum absolute atomic E-state index is 4.17. The topological polar surface area (TPSA) is 3.24 Å². The number of nitrogens with zero attached hydrogens (tertiary/aromatic N) is 1. The molecule has 1 nitrogen and oxygen atoms in total. The van der Waals surface area contributed by atoms with Crippen LogP contribution >= 0.6 is 0 Å². The van der Waals surface area contributed by atoms with Gasteiger partial charge in [0.15, 0.2) is 0 Å². The lowest BCUT2D eigenvalue weighted by Crippen LogP contribution is -2.22. The lowest BCUT2D eigenvalue weighted by atomic mass is 10.1. The van der Waals surface area contributed by atoms with Gasteiger partial charge in [-0.15, -0.1) is 6.58 Å². The zero-order valence-corrected chi connectivity index (χ0v) is 13.3. The minimum atomic E-state index is 0.886. The Labute approximate surface area is 120 Å². The van der Waals surface area contributed by atoms with E-state index in [-0.39, 0.29) is 0 Å². The number of allylic oxidation sites excluding steroid dienone is 4. The van der Waals surface area contributed by atoms with Gasteiger partial charge in [0.1, 0.15) is 0 Å². The van der Waals surface area contributed by atoms with Crippen LogP contribution in [-0.4, -0.2) is 18.0 Å². The number of hydrogen-bond donors (Lipinski definition) is 0. The van der Waals surface area contributed by atoms with Gasteiger partial charge in [0, 0.05) is 18.8 Å². The predicted octanol–water partition coefficient (Wildman–Crippen LogP) is 5.48. The van der Waals surface area contributed by atoms with E-state index in [1.165, 1.54) is 16.8 Å². The molecule has 0 saturated carbocycles. The zero-order valence-electron chi connectivity index (χ0n) is 13.3. The molecule has 1 heteroatoms. The molecular weight excluding hydrogens is 230 g/mol. The minimum absolute atomic E-state index is 0.886. The van der Waals surface area contributed by atoms with Gasteiger partial charge >= 0.3 is 0 Å². The van der Waals surface area contributed by atoms with E-state index in [4.69, 9.17) is 0 Å². The number of rotatable bonds is 10. The third-order valence-corrected chi connectivity index (χ3v) is 3.09. The van der Waals surface area contributed by atoms with E-state index >= 15 is 0 Å². The van der Waals surface area contributed by atoms with Gasteiger partial charge in [-0.2, -0.15) is 0 Å². The van der Waals surface area contributed by atoms with Gasteiger partial charge in [-0.3, -0.25) is 0 Å². The number of hydrogen-bond acceptors (Lipinski definition) is 1. The van der Waals surface area contributed by atoms with Gasteiger partial charge in [-0.25, -0.2) is 0 Å². The zero-order chi connectivity index (χ0) is 14.7. The molecule has 0 bridgehead atoms. The summed E-state index contributed by atoms with van der Waals surface area (Å²) >= 11 is 0. The van der Waals surface area contributed by atoms with Crippen LogP contribution in [0.25, 0.3) is 0 Å². The lowest BCUT2D eigenvalue weighted by Gasteiger charge is -2.24. The smallest absolute Gasteiger partial charge is 0.0362 e. The monoisotopic (exact) mass is 261 g/mol. The second kappa shape index (κ2) is 10.7. The highest BCUT2D eigenvalue weighted by atomic mass is 15.1. The van der Waals surface area contributed by atoms with Gasteiger partial charge in [0.05, 0.1) is 0 Å². The fourth-order valence-corrected chi connectivity index (χ4v) is 1.89. The Balaban J connectivity index is 4.31. The summed E-state index contributed by atoms with van der Waals surface area (Å²) in [5.74, 6) is 0. The minimum Gasteiger partial charge on any atom is -0.368 e. The molecule has 0 amide bonds. The summed E-state index contributed by atoms with van der Waals surface area (Å²) in [6.45, 7) is 18.5. The normalized spacial score (nSPS) is 11.1. The van der Waals surface area contributed by atoms with E-state index in [1.807, 2.05) is 6.08 Å². The summed E-state index contributed by atoms with van der Waals surface area (Å²) in [5, 5.41) is 0. The van der Waals surface area contributed by atoms with Crippen molar-refractivity contribution >= 4 is 0 Å². The molecule has 108 valence electrons. The van der Waals surface area contributed by atoms with Crippen LogP contribution in [0.3, 0.4) is 0 Å². The van der Waals surface area contributed by atoms with E-state index in [0.29, 0.717) is 0 Å². The van der Waals surface area contributed by atoms with Crippen LogP contribution in [0.1, 0.15) is 53.4 Å². The van der Waals surface area contributed by atoms with Crippen LogP contribution in [0.4, 0.5) is 0 Å². The first kappa shape index (κ1) is 17.8. The molecule has 0 unspecified atom stereocenters. The van der Waals surface area contributed by atoms with Crippen molar-refractivity contribution in [2.45, 2.75) is 53.4 Å².